The van der Waals surface area contributed by atoms with Crippen molar-refractivity contribution >= 4 is 23.7 Å². The van der Waals surface area contributed by atoms with Crippen molar-refractivity contribution in [3.63, 3.8) is 0 Å². The summed E-state index contributed by atoms with van der Waals surface area (Å²) in [5, 5.41) is 24.3. The lowest BCUT2D eigenvalue weighted by Crippen LogP contribution is -2.59. The predicted octanol–water partition coefficient (Wildman–Crippen LogP) is -0.168. The molecule has 1 aliphatic heterocycles. The monoisotopic (exact) mass is 442 g/mol. The van der Waals surface area contributed by atoms with Gasteiger partial charge in [-0.3, -0.25) is 14.4 Å². The van der Waals surface area contributed by atoms with E-state index in [-0.39, 0.29) is 24.2 Å². The Morgan fingerprint density at radius 1 is 1.03 bits per heavy atom. The quantitative estimate of drug-likeness (QED) is 0.297. The van der Waals surface area contributed by atoms with Crippen LogP contribution in [-0.4, -0.2) is 75.6 Å². The van der Waals surface area contributed by atoms with Crippen LogP contribution in [0.5, 0.6) is 0 Å². The lowest BCUT2D eigenvalue weighted by Gasteiger charge is -2.29. The average Bonchev–Trinajstić information content (AvgIpc) is 3.13. The highest BCUT2D eigenvalue weighted by Gasteiger charge is 2.38. The summed E-state index contributed by atoms with van der Waals surface area (Å²) in [5.41, 5.74) is 6.00. The van der Waals surface area contributed by atoms with Gasteiger partial charge in [-0.1, -0.05) is 27.7 Å². The fourth-order valence-corrected chi connectivity index (χ4v) is 3.73. The van der Waals surface area contributed by atoms with Gasteiger partial charge >= 0.3 is 5.97 Å². The molecule has 3 amide bonds. The minimum Gasteiger partial charge on any atom is -0.480 e. The maximum Gasteiger partial charge on any atom is 0.326 e. The van der Waals surface area contributed by atoms with Gasteiger partial charge in [-0.25, -0.2) is 4.79 Å². The van der Waals surface area contributed by atoms with E-state index in [0.29, 0.717) is 25.8 Å². The highest BCUT2D eigenvalue weighted by atomic mass is 16.4. The van der Waals surface area contributed by atoms with Crippen LogP contribution < -0.4 is 16.4 Å². The molecule has 0 spiro atoms. The number of nitrogens with two attached hydrogens (primary N) is 1. The van der Waals surface area contributed by atoms with Gasteiger partial charge in [0, 0.05) is 6.54 Å². The third kappa shape index (κ3) is 8.10. The zero-order valence-corrected chi connectivity index (χ0v) is 19.1. The summed E-state index contributed by atoms with van der Waals surface area (Å²) < 4.78 is 0. The van der Waals surface area contributed by atoms with Gasteiger partial charge in [0.25, 0.3) is 0 Å². The summed E-state index contributed by atoms with van der Waals surface area (Å²) >= 11 is 0. The zero-order chi connectivity index (χ0) is 23.9. The number of hydrogen-bond donors (Lipinski definition) is 5. The second kappa shape index (κ2) is 12.0. The molecule has 10 nitrogen and oxygen atoms in total. The molecule has 0 aliphatic carbocycles. The fourth-order valence-electron chi connectivity index (χ4n) is 3.73. The van der Waals surface area contributed by atoms with Crippen molar-refractivity contribution < 1.29 is 29.4 Å². The molecule has 5 atom stereocenters. The lowest BCUT2D eigenvalue weighted by molar-refractivity contribution is -0.144. The van der Waals surface area contributed by atoms with Crippen LogP contribution in [0.25, 0.3) is 0 Å². The first-order chi connectivity index (χ1) is 14.3. The summed E-state index contributed by atoms with van der Waals surface area (Å²) in [6, 6.07) is -3.98. The van der Waals surface area contributed by atoms with Crippen LogP contribution in [0.3, 0.4) is 0 Å². The number of carboxylic acids is 1. The first kappa shape index (κ1) is 26.8. The van der Waals surface area contributed by atoms with Crippen LogP contribution >= 0.6 is 0 Å². The molecule has 0 aromatic rings. The SMILES string of the molecule is CC(C)CC(N)C(=O)N1CCCC1C(=O)NC(C(=O)NC(CC(C)C)C(=O)O)C(C)O. The molecule has 10 heteroatoms. The van der Waals surface area contributed by atoms with Crippen molar-refractivity contribution in [3.8, 4) is 0 Å². The van der Waals surface area contributed by atoms with Crippen molar-refractivity contribution in [2.45, 2.75) is 90.6 Å². The van der Waals surface area contributed by atoms with Gasteiger partial charge in [0.1, 0.15) is 18.1 Å². The molecule has 0 bridgehead atoms. The molecule has 1 fully saturated rings. The number of likely N-dealkylation sites (tertiary alicyclic amines) is 1. The number of aliphatic hydroxyl groups excluding tert-OH is 1. The normalized spacial score (nSPS) is 20.3. The lowest BCUT2D eigenvalue weighted by atomic mass is 10.0. The fraction of sp³-hybridized carbons (Fsp3) is 0.810. The Bertz CT molecular complexity index is 652. The van der Waals surface area contributed by atoms with Gasteiger partial charge < -0.3 is 31.5 Å². The van der Waals surface area contributed by atoms with Crippen LogP contribution in [0.4, 0.5) is 0 Å². The molecule has 31 heavy (non-hydrogen) atoms. The second-order valence-electron chi connectivity index (χ2n) is 9.18. The summed E-state index contributed by atoms with van der Waals surface area (Å²) in [5.74, 6) is -2.61. The van der Waals surface area contributed by atoms with E-state index in [2.05, 4.69) is 10.6 Å². The molecule has 1 rings (SSSR count). The highest BCUT2D eigenvalue weighted by Crippen LogP contribution is 2.20. The summed E-state index contributed by atoms with van der Waals surface area (Å²) in [6.07, 6.45) is 0.491. The van der Waals surface area contributed by atoms with Crippen LogP contribution in [0.15, 0.2) is 0 Å². The molecule has 1 saturated heterocycles. The molecule has 0 aromatic heterocycles. The van der Waals surface area contributed by atoms with E-state index in [1.165, 1.54) is 11.8 Å². The minimum atomic E-state index is -1.34. The van der Waals surface area contributed by atoms with Crippen LogP contribution in [0, 0.1) is 11.8 Å². The summed E-state index contributed by atoms with van der Waals surface area (Å²) in [6.45, 7) is 9.29. The van der Waals surface area contributed by atoms with Gasteiger partial charge in [0.2, 0.25) is 17.7 Å². The Kier molecular flexibility index (Phi) is 10.4. The van der Waals surface area contributed by atoms with E-state index in [9.17, 15) is 29.4 Å². The topological polar surface area (TPSA) is 162 Å². The minimum absolute atomic E-state index is 0.0223. The second-order valence-corrected chi connectivity index (χ2v) is 9.18. The standard InChI is InChI=1S/C21H38N4O6/c1-11(2)9-14(22)20(29)25-8-6-7-16(25)18(27)24-17(13(5)26)19(28)23-15(21(30)31)10-12(3)4/h11-17,26H,6-10,22H2,1-5H3,(H,23,28)(H,24,27)(H,30,31). The molecule has 178 valence electrons. The first-order valence-corrected chi connectivity index (χ1v) is 10.9. The number of rotatable bonds is 11. The smallest absolute Gasteiger partial charge is 0.326 e. The predicted molar refractivity (Wildman–Crippen MR) is 115 cm³/mol. The van der Waals surface area contributed by atoms with Gasteiger partial charge in [-0.15, -0.1) is 0 Å². The van der Waals surface area contributed by atoms with Crippen LogP contribution in [0.1, 0.15) is 60.3 Å². The van der Waals surface area contributed by atoms with Gasteiger partial charge in [0.15, 0.2) is 0 Å². The molecule has 1 aliphatic rings. The Labute approximate surface area is 183 Å². The average molecular weight is 443 g/mol. The van der Waals surface area contributed by atoms with Crippen molar-refractivity contribution in [1.29, 1.82) is 0 Å². The zero-order valence-electron chi connectivity index (χ0n) is 19.1. The number of aliphatic hydroxyl groups is 1. The Balaban J connectivity index is 2.87. The molecule has 0 aromatic carbocycles. The van der Waals surface area contributed by atoms with Crippen molar-refractivity contribution in [3.05, 3.63) is 0 Å². The molecular formula is C21H38N4O6. The summed E-state index contributed by atoms with van der Waals surface area (Å²) in [4.78, 5) is 51.1. The van der Waals surface area contributed by atoms with Gasteiger partial charge in [-0.05, 0) is 44.4 Å². The number of nitrogens with one attached hydrogen (secondary N) is 2. The van der Waals surface area contributed by atoms with Crippen molar-refractivity contribution in [1.82, 2.24) is 15.5 Å². The molecule has 5 unspecified atom stereocenters. The largest absolute Gasteiger partial charge is 0.480 e. The van der Waals surface area contributed by atoms with E-state index in [4.69, 9.17) is 5.73 Å². The number of aliphatic carboxylic acids is 1. The Morgan fingerprint density at radius 3 is 2.10 bits per heavy atom. The van der Waals surface area contributed by atoms with E-state index in [1.807, 2.05) is 27.7 Å². The molecular weight excluding hydrogens is 404 g/mol. The number of nitrogens with zero attached hydrogens (tertiary/aromatic N) is 1. The Hall–Kier alpha value is -2.20. The maximum absolute atomic E-state index is 12.9. The number of carbonyl (C=O) groups is 4. The van der Waals surface area contributed by atoms with Gasteiger partial charge in [0.05, 0.1) is 12.1 Å². The van der Waals surface area contributed by atoms with E-state index < -0.39 is 48.1 Å². The highest BCUT2D eigenvalue weighted by molar-refractivity contribution is 5.94. The third-order valence-corrected chi connectivity index (χ3v) is 5.27. The van der Waals surface area contributed by atoms with E-state index in [0.717, 1.165) is 0 Å². The van der Waals surface area contributed by atoms with E-state index >= 15 is 0 Å². The molecule has 0 radical (unpaired) electrons. The third-order valence-electron chi connectivity index (χ3n) is 5.27. The van der Waals surface area contributed by atoms with Crippen molar-refractivity contribution in [2.24, 2.45) is 17.6 Å². The maximum atomic E-state index is 12.9. The van der Waals surface area contributed by atoms with Crippen LogP contribution in [-0.2, 0) is 19.2 Å². The number of carboxylic acid groups (broad SMARTS) is 1. The molecule has 6 N–H and O–H groups in total. The Morgan fingerprint density at radius 2 is 1.61 bits per heavy atom. The van der Waals surface area contributed by atoms with Gasteiger partial charge in [-0.2, -0.15) is 0 Å². The van der Waals surface area contributed by atoms with Crippen LogP contribution in [0.2, 0.25) is 0 Å². The number of amides is 3. The van der Waals surface area contributed by atoms with Crippen molar-refractivity contribution in [2.75, 3.05) is 6.54 Å². The number of hydrogen-bond acceptors (Lipinski definition) is 6. The first-order valence-electron chi connectivity index (χ1n) is 10.9. The molecule has 1 heterocycles. The number of carbonyl (C=O) groups excluding carboxylic acids is 3. The molecule has 0 saturated carbocycles. The summed E-state index contributed by atoms with van der Waals surface area (Å²) in [7, 11) is 0. The van der Waals surface area contributed by atoms with E-state index in [1.54, 1.807) is 0 Å².